The number of benzene rings is 1. The minimum absolute atomic E-state index is 0.342. The SMILES string of the molecule is CCC(C)N(CCOC)c1ccc(C(C)NC)c(Br)c1. The quantitative estimate of drug-likeness (QED) is 0.773. The minimum atomic E-state index is 0.342. The van der Waals surface area contributed by atoms with Gasteiger partial charge >= 0.3 is 0 Å². The third kappa shape index (κ3) is 4.47. The van der Waals surface area contributed by atoms with Crippen molar-refractivity contribution in [3.8, 4) is 0 Å². The van der Waals surface area contributed by atoms with E-state index in [0.717, 1.165) is 24.0 Å². The van der Waals surface area contributed by atoms with Crippen molar-refractivity contribution in [1.29, 1.82) is 0 Å². The lowest BCUT2D eigenvalue weighted by Gasteiger charge is -2.31. The molecule has 2 unspecified atom stereocenters. The van der Waals surface area contributed by atoms with E-state index in [9.17, 15) is 0 Å². The lowest BCUT2D eigenvalue weighted by atomic mass is 10.1. The fourth-order valence-corrected chi connectivity index (χ4v) is 2.93. The van der Waals surface area contributed by atoms with Gasteiger partial charge in [-0.3, -0.25) is 0 Å². The normalized spacial score (nSPS) is 14.1. The van der Waals surface area contributed by atoms with Crippen LogP contribution in [-0.4, -0.2) is 33.4 Å². The van der Waals surface area contributed by atoms with Gasteiger partial charge in [-0.15, -0.1) is 0 Å². The summed E-state index contributed by atoms with van der Waals surface area (Å²) in [7, 11) is 3.73. The van der Waals surface area contributed by atoms with Crippen LogP contribution in [0.15, 0.2) is 22.7 Å². The third-order valence-electron chi connectivity index (χ3n) is 3.87. The van der Waals surface area contributed by atoms with Gasteiger partial charge in [0, 0.05) is 35.9 Å². The molecule has 1 aromatic rings. The van der Waals surface area contributed by atoms with E-state index in [4.69, 9.17) is 4.74 Å². The summed E-state index contributed by atoms with van der Waals surface area (Å²) < 4.78 is 6.39. The van der Waals surface area contributed by atoms with Gasteiger partial charge < -0.3 is 15.0 Å². The van der Waals surface area contributed by atoms with Crippen molar-refractivity contribution >= 4 is 21.6 Å². The van der Waals surface area contributed by atoms with Crippen LogP contribution >= 0.6 is 15.9 Å². The maximum atomic E-state index is 5.23. The van der Waals surface area contributed by atoms with Crippen molar-refractivity contribution in [2.24, 2.45) is 0 Å². The Balaban J connectivity index is 2.99. The maximum absolute atomic E-state index is 5.23. The summed E-state index contributed by atoms with van der Waals surface area (Å²) in [5.41, 5.74) is 2.53. The van der Waals surface area contributed by atoms with Crippen LogP contribution in [0.3, 0.4) is 0 Å². The van der Waals surface area contributed by atoms with E-state index >= 15 is 0 Å². The van der Waals surface area contributed by atoms with Crippen molar-refractivity contribution in [2.45, 2.75) is 39.3 Å². The smallest absolute Gasteiger partial charge is 0.0637 e. The highest BCUT2D eigenvalue weighted by Crippen LogP contribution is 2.29. The van der Waals surface area contributed by atoms with Crippen LogP contribution in [0.5, 0.6) is 0 Å². The standard InChI is InChI=1S/C16H27BrN2O/c1-6-12(2)19(9-10-20-5)14-7-8-15(13(3)18-4)16(17)11-14/h7-8,11-13,18H,6,9-10H2,1-5H3. The Morgan fingerprint density at radius 2 is 2.05 bits per heavy atom. The number of nitrogens with one attached hydrogen (secondary N) is 1. The van der Waals surface area contributed by atoms with Crippen LogP contribution in [0.25, 0.3) is 0 Å². The number of rotatable bonds is 8. The summed E-state index contributed by atoms with van der Waals surface area (Å²) >= 11 is 3.70. The van der Waals surface area contributed by atoms with Crippen LogP contribution in [0.4, 0.5) is 5.69 Å². The van der Waals surface area contributed by atoms with E-state index in [1.54, 1.807) is 7.11 Å². The topological polar surface area (TPSA) is 24.5 Å². The highest BCUT2D eigenvalue weighted by Gasteiger charge is 2.15. The monoisotopic (exact) mass is 342 g/mol. The van der Waals surface area contributed by atoms with E-state index < -0.39 is 0 Å². The summed E-state index contributed by atoms with van der Waals surface area (Å²) in [6.45, 7) is 8.30. The molecule has 2 atom stereocenters. The molecule has 0 amide bonds. The molecule has 0 fully saturated rings. The molecule has 0 bridgehead atoms. The molecule has 0 heterocycles. The lowest BCUT2D eigenvalue weighted by Crippen LogP contribution is -2.35. The van der Waals surface area contributed by atoms with Crippen molar-refractivity contribution < 1.29 is 4.74 Å². The van der Waals surface area contributed by atoms with Crippen molar-refractivity contribution in [3.05, 3.63) is 28.2 Å². The molecule has 1 rings (SSSR count). The number of halogens is 1. The maximum Gasteiger partial charge on any atom is 0.0637 e. The molecule has 0 saturated heterocycles. The Labute approximate surface area is 131 Å². The fourth-order valence-electron chi connectivity index (χ4n) is 2.22. The second kappa shape index (κ2) is 8.65. The molecular weight excluding hydrogens is 316 g/mol. The molecule has 0 radical (unpaired) electrons. The van der Waals surface area contributed by atoms with Crippen LogP contribution in [0, 0.1) is 0 Å². The van der Waals surface area contributed by atoms with E-state index in [1.165, 1.54) is 11.3 Å². The van der Waals surface area contributed by atoms with Gasteiger partial charge in [0.15, 0.2) is 0 Å². The number of methoxy groups -OCH3 is 1. The molecule has 0 aliphatic carbocycles. The van der Waals surface area contributed by atoms with Crippen LogP contribution in [-0.2, 0) is 4.74 Å². The molecular formula is C16H27BrN2O. The van der Waals surface area contributed by atoms with Crippen LogP contribution in [0.2, 0.25) is 0 Å². The Morgan fingerprint density at radius 3 is 2.55 bits per heavy atom. The van der Waals surface area contributed by atoms with E-state index in [2.05, 4.69) is 65.1 Å². The van der Waals surface area contributed by atoms with E-state index in [-0.39, 0.29) is 0 Å². The first-order valence-corrected chi connectivity index (χ1v) is 8.06. The largest absolute Gasteiger partial charge is 0.383 e. The molecule has 0 aliphatic heterocycles. The van der Waals surface area contributed by atoms with E-state index in [0.29, 0.717) is 12.1 Å². The van der Waals surface area contributed by atoms with Gasteiger partial charge in [0.05, 0.1) is 6.61 Å². The molecule has 3 nitrogen and oxygen atoms in total. The zero-order valence-corrected chi connectivity index (χ0v) is 14.8. The Kier molecular flexibility index (Phi) is 7.56. The van der Waals surface area contributed by atoms with Gasteiger partial charge in [-0.1, -0.05) is 28.9 Å². The molecule has 0 aromatic heterocycles. The number of anilines is 1. The zero-order chi connectivity index (χ0) is 15.1. The van der Waals surface area contributed by atoms with Gasteiger partial charge in [-0.05, 0) is 45.0 Å². The second-order valence-corrected chi connectivity index (χ2v) is 6.01. The molecule has 0 spiro atoms. The molecule has 1 aromatic carbocycles. The molecule has 114 valence electrons. The molecule has 0 saturated carbocycles. The van der Waals surface area contributed by atoms with Gasteiger partial charge in [-0.25, -0.2) is 0 Å². The summed E-state index contributed by atoms with van der Waals surface area (Å²) in [4.78, 5) is 2.40. The number of hydrogen-bond donors (Lipinski definition) is 1. The Bertz CT molecular complexity index is 411. The minimum Gasteiger partial charge on any atom is -0.383 e. The van der Waals surface area contributed by atoms with E-state index in [1.807, 2.05) is 7.05 Å². The highest BCUT2D eigenvalue weighted by atomic mass is 79.9. The van der Waals surface area contributed by atoms with Crippen molar-refractivity contribution in [3.63, 3.8) is 0 Å². The summed E-state index contributed by atoms with van der Waals surface area (Å²) in [6, 6.07) is 7.46. The highest BCUT2D eigenvalue weighted by molar-refractivity contribution is 9.10. The molecule has 0 aliphatic rings. The number of hydrogen-bond acceptors (Lipinski definition) is 3. The van der Waals surface area contributed by atoms with Crippen LogP contribution < -0.4 is 10.2 Å². The average molecular weight is 343 g/mol. The van der Waals surface area contributed by atoms with Crippen molar-refractivity contribution in [2.75, 3.05) is 32.2 Å². The molecule has 4 heteroatoms. The van der Waals surface area contributed by atoms with Gasteiger partial charge in [-0.2, -0.15) is 0 Å². The Hall–Kier alpha value is -0.580. The van der Waals surface area contributed by atoms with Crippen LogP contribution in [0.1, 0.15) is 38.8 Å². The molecule has 20 heavy (non-hydrogen) atoms. The van der Waals surface area contributed by atoms with Gasteiger partial charge in [0.25, 0.3) is 0 Å². The summed E-state index contributed by atoms with van der Waals surface area (Å²) in [6.07, 6.45) is 1.12. The summed E-state index contributed by atoms with van der Waals surface area (Å²) in [5, 5.41) is 3.28. The third-order valence-corrected chi connectivity index (χ3v) is 4.56. The first kappa shape index (κ1) is 17.5. The molecule has 1 N–H and O–H groups in total. The van der Waals surface area contributed by atoms with Gasteiger partial charge in [0.2, 0.25) is 0 Å². The first-order valence-electron chi connectivity index (χ1n) is 7.27. The summed E-state index contributed by atoms with van der Waals surface area (Å²) in [5.74, 6) is 0. The zero-order valence-electron chi connectivity index (χ0n) is 13.2. The fraction of sp³-hybridized carbons (Fsp3) is 0.625. The second-order valence-electron chi connectivity index (χ2n) is 5.16. The van der Waals surface area contributed by atoms with Gasteiger partial charge in [0.1, 0.15) is 0 Å². The predicted octanol–water partition coefficient (Wildman–Crippen LogP) is 3.98. The Morgan fingerprint density at radius 1 is 1.35 bits per heavy atom. The first-order chi connectivity index (χ1) is 9.54. The number of ether oxygens (including phenoxy) is 1. The average Bonchev–Trinajstić information content (AvgIpc) is 2.46. The number of nitrogens with zero attached hydrogens (tertiary/aromatic N) is 1. The lowest BCUT2D eigenvalue weighted by molar-refractivity contribution is 0.203. The predicted molar refractivity (Wildman–Crippen MR) is 90.6 cm³/mol. The van der Waals surface area contributed by atoms with Crippen molar-refractivity contribution in [1.82, 2.24) is 5.32 Å².